The van der Waals surface area contributed by atoms with Crippen LogP contribution < -0.4 is 5.32 Å². The number of unbranched alkanes of at least 4 members (excludes halogenated alkanes) is 6. The maximum absolute atomic E-state index is 11.7. The van der Waals surface area contributed by atoms with Gasteiger partial charge in [-0.1, -0.05) is 63.1 Å². The number of carbonyl (C=O) groups excluding carboxylic acids is 1. The molecule has 1 N–H and O–H groups in total. The number of nitrogens with zero attached hydrogens (tertiary/aromatic N) is 1. The predicted octanol–water partition coefficient (Wildman–Crippen LogP) is 4.81. The molecule has 0 atom stereocenters. The molecule has 1 amide bonds. The lowest BCUT2D eigenvalue weighted by molar-refractivity contribution is -0.116. The van der Waals surface area contributed by atoms with Gasteiger partial charge >= 0.3 is 0 Å². The van der Waals surface area contributed by atoms with Gasteiger partial charge in [-0.25, -0.2) is 4.98 Å². The number of pyridine rings is 1. The summed E-state index contributed by atoms with van der Waals surface area (Å²) in [6, 6.07) is 5.21. The Morgan fingerprint density at radius 1 is 1.16 bits per heavy atom. The number of halogens is 1. The molecule has 1 rings (SSSR count). The molecule has 0 saturated carbocycles. The molecular formula is C15H23ClN2O. The van der Waals surface area contributed by atoms with Gasteiger partial charge in [-0.3, -0.25) is 4.79 Å². The molecule has 1 heterocycles. The fourth-order valence-corrected chi connectivity index (χ4v) is 2.09. The van der Waals surface area contributed by atoms with Crippen molar-refractivity contribution in [1.82, 2.24) is 4.98 Å². The van der Waals surface area contributed by atoms with Crippen LogP contribution in [-0.2, 0) is 4.79 Å². The number of hydrogen-bond donors (Lipinski definition) is 1. The summed E-state index contributed by atoms with van der Waals surface area (Å²) in [5, 5.41) is 3.16. The Hall–Kier alpha value is -1.09. The molecule has 0 aliphatic carbocycles. The highest BCUT2D eigenvalue weighted by Gasteiger charge is 2.03. The van der Waals surface area contributed by atoms with Gasteiger partial charge < -0.3 is 5.32 Å². The fraction of sp³-hybridized carbons (Fsp3) is 0.600. The van der Waals surface area contributed by atoms with Crippen molar-refractivity contribution >= 4 is 23.3 Å². The maximum atomic E-state index is 11.7. The molecule has 0 aliphatic heterocycles. The van der Waals surface area contributed by atoms with Gasteiger partial charge in [0.2, 0.25) is 5.91 Å². The van der Waals surface area contributed by atoms with Crippen LogP contribution in [0.25, 0.3) is 0 Å². The SMILES string of the molecule is CCCCCCCCCC(=O)Nc1cccc(Cl)n1. The van der Waals surface area contributed by atoms with Gasteiger partial charge in [0.1, 0.15) is 11.0 Å². The van der Waals surface area contributed by atoms with Gasteiger partial charge in [-0.05, 0) is 18.6 Å². The van der Waals surface area contributed by atoms with Crippen molar-refractivity contribution < 1.29 is 4.79 Å². The van der Waals surface area contributed by atoms with E-state index in [9.17, 15) is 4.79 Å². The molecule has 0 aliphatic rings. The predicted molar refractivity (Wildman–Crippen MR) is 80.5 cm³/mol. The number of carbonyl (C=O) groups is 1. The molecule has 0 aromatic carbocycles. The van der Waals surface area contributed by atoms with E-state index in [1.165, 1.54) is 32.1 Å². The van der Waals surface area contributed by atoms with Crippen LogP contribution in [0.1, 0.15) is 58.3 Å². The zero-order valence-electron chi connectivity index (χ0n) is 11.6. The quantitative estimate of drug-likeness (QED) is 0.521. The van der Waals surface area contributed by atoms with E-state index in [2.05, 4.69) is 17.2 Å². The van der Waals surface area contributed by atoms with Crippen LogP contribution in [0.15, 0.2) is 18.2 Å². The molecule has 1 aromatic rings. The number of aromatic nitrogens is 1. The van der Waals surface area contributed by atoms with E-state index in [4.69, 9.17) is 11.6 Å². The molecule has 3 nitrogen and oxygen atoms in total. The third-order valence-electron chi connectivity index (χ3n) is 2.99. The summed E-state index contributed by atoms with van der Waals surface area (Å²) in [5.74, 6) is 0.545. The summed E-state index contributed by atoms with van der Waals surface area (Å²) in [6.45, 7) is 2.22. The molecule has 1 aromatic heterocycles. The Kier molecular flexibility index (Phi) is 8.23. The number of anilines is 1. The lowest BCUT2D eigenvalue weighted by Crippen LogP contribution is -2.12. The highest BCUT2D eigenvalue weighted by molar-refractivity contribution is 6.29. The van der Waals surface area contributed by atoms with Crippen molar-refractivity contribution in [1.29, 1.82) is 0 Å². The molecule has 19 heavy (non-hydrogen) atoms. The first kappa shape index (κ1) is 16.0. The summed E-state index contributed by atoms with van der Waals surface area (Å²) >= 11 is 5.75. The van der Waals surface area contributed by atoms with Gasteiger partial charge in [0.15, 0.2) is 0 Å². The van der Waals surface area contributed by atoms with Crippen molar-refractivity contribution in [3.05, 3.63) is 23.4 Å². The second-order valence-corrected chi connectivity index (χ2v) is 5.15. The van der Waals surface area contributed by atoms with E-state index >= 15 is 0 Å². The highest BCUT2D eigenvalue weighted by Crippen LogP contribution is 2.11. The topological polar surface area (TPSA) is 42.0 Å². The minimum Gasteiger partial charge on any atom is -0.311 e. The van der Waals surface area contributed by atoms with Crippen molar-refractivity contribution in [3.63, 3.8) is 0 Å². The van der Waals surface area contributed by atoms with Gasteiger partial charge in [-0.2, -0.15) is 0 Å². The number of nitrogens with one attached hydrogen (secondary N) is 1. The maximum Gasteiger partial charge on any atom is 0.225 e. The molecule has 0 spiro atoms. The Morgan fingerprint density at radius 3 is 2.53 bits per heavy atom. The van der Waals surface area contributed by atoms with Gasteiger partial charge in [0, 0.05) is 6.42 Å². The molecule has 0 unspecified atom stereocenters. The van der Waals surface area contributed by atoms with E-state index in [1.54, 1.807) is 18.2 Å². The second-order valence-electron chi connectivity index (χ2n) is 4.77. The van der Waals surface area contributed by atoms with Crippen molar-refractivity contribution in [2.75, 3.05) is 5.32 Å². The van der Waals surface area contributed by atoms with Crippen LogP contribution in [0.2, 0.25) is 5.15 Å². The standard InChI is InChI=1S/C15H23ClN2O/c1-2-3-4-5-6-7-8-12-15(19)18-14-11-9-10-13(16)17-14/h9-11H,2-8,12H2,1H3,(H,17,18,19). The molecule has 0 fully saturated rings. The monoisotopic (exact) mass is 282 g/mol. The minimum absolute atomic E-state index is 0.0170. The summed E-state index contributed by atoms with van der Waals surface area (Å²) in [7, 11) is 0. The Balaban J connectivity index is 2.08. The average Bonchev–Trinajstić information content (AvgIpc) is 2.37. The van der Waals surface area contributed by atoms with E-state index in [1.807, 2.05) is 0 Å². The highest BCUT2D eigenvalue weighted by atomic mass is 35.5. The minimum atomic E-state index is 0.0170. The Bertz CT molecular complexity index is 382. The molecule has 4 heteroatoms. The van der Waals surface area contributed by atoms with Crippen molar-refractivity contribution in [3.8, 4) is 0 Å². The van der Waals surface area contributed by atoms with Crippen LogP contribution in [0.5, 0.6) is 0 Å². The van der Waals surface area contributed by atoms with Crippen molar-refractivity contribution in [2.24, 2.45) is 0 Å². The van der Waals surface area contributed by atoms with Gasteiger partial charge in [0.05, 0.1) is 0 Å². The van der Waals surface area contributed by atoms with Gasteiger partial charge in [0.25, 0.3) is 0 Å². The summed E-state index contributed by atoms with van der Waals surface area (Å²) in [4.78, 5) is 15.7. The van der Waals surface area contributed by atoms with Crippen LogP contribution in [0.3, 0.4) is 0 Å². The first-order chi connectivity index (χ1) is 9.22. The fourth-order valence-electron chi connectivity index (χ4n) is 1.93. The van der Waals surface area contributed by atoms with E-state index < -0.39 is 0 Å². The number of rotatable bonds is 9. The average molecular weight is 283 g/mol. The lowest BCUT2D eigenvalue weighted by atomic mass is 10.1. The normalized spacial score (nSPS) is 10.4. The summed E-state index contributed by atoms with van der Waals surface area (Å²) in [6.07, 6.45) is 9.04. The van der Waals surface area contributed by atoms with Crippen LogP contribution in [0, 0.1) is 0 Å². The molecule has 0 saturated heterocycles. The summed E-state index contributed by atoms with van der Waals surface area (Å²) < 4.78 is 0. The zero-order valence-corrected chi connectivity index (χ0v) is 12.4. The van der Waals surface area contributed by atoms with E-state index in [-0.39, 0.29) is 5.91 Å². The molecule has 106 valence electrons. The number of hydrogen-bond acceptors (Lipinski definition) is 2. The van der Waals surface area contributed by atoms with E-state index in [0.717, 1.165) is 12.8 Å². The Labute approximate surface area is 120 Å². The van der Waals surface area contributed by atoms with Crippen LogP contribution in [0.4, 0.5) is 5.82 Å². The molecule has 0 radical (unpaired) electrons. The van der Waals surface area contributed by atoms with Crippen molar-refractivity contribution in [2.45, 2.75) is 58.3 Å². The third kappa shape index (κ3) is 7.83. The van der Waals surface area contributed by atoms with Gasteiger partial charge in [-0.15, -0.1) is 0 Å². The van der Waals surface area contributed by atoms with Crippen LogP contribution in [-0.4, -0.2) is 10.9 Å². The molecule has 0 bridgehead atoms. The second kappa shape index (κ2) is 9.79. The van der Waals surface area contributed by atoms with E-state index in [0.29, 0.717) is 17.4 Å². The van der Waals surface area contributed by atoms with Crippen LogP contribution >= 0.6 is 11.6 Å². The summed E-state index contributed by atoms with van der Waals surface area (Å²) in [5.41, 5.74) is 0. The molecular weight excluding hydrogens is 260 g/mol. The Morgan fingerprint density at radius 2 is 1.84 bits per heavy atom. The largest absolute Gasteiger partial charge is 0.311 e. The first-order valence-corrected chi connectivity index (χ1v) is 7.52. The number of amides is 1. The zero-order chi connectivity index (χ0) is 13.9. The first-order valence-electron chi connectivity index (χ1n) is 7.14. The lowest BCUT2D eigenvalue weighted by Gasteiger charge is -2.04. The third-order valence-corrected chi connectivity index (χ3v) is 3.20. The smallest absolute Gasteiger partial charge is 0.225 e.